The highest BCUT2D eigenvalue weighted by Gasteiger charge is 2.20. The third kappa shape index (κ3) is 5.98. The van der Waals surface area contributed by atoms with Gasteiger partial charge in [-0.3, -0.25) is 9.10 Å². The van der Waals surface area contributed by atoms with Crippen LogP contribution in [0.1, 0.15) is 76.0 Å². The zero-order valence-electron chi connectivity index (χ0n) is 21.7. The van der Waals surface area contributed by atoms with Gasteiger partial charge >= 0.3 is 0 Å². The van der Waals surface area contributed by atoms with Crippen molar-refractivity contribution in [3.05, 3.63) is 99.6 Å². The van der Waals surface area contributed by atoms with Crippen LogP contribution in [0.5, 0.6) is 0 Å². The number of hydrogen-bond donors (Lipinski definition) is 1. The molecule has 0 saturated heterocycles. The Bertz CT molecular complexity index is 1350. The van der Waals surface area contributed by atoms with E-state index in [0.29, 0.717) is 11.3 Å². The van der Waals surface area contributed by atoms with Crippen LogP contribution in [0, 0.1) is 13.8 Å². The van der Waals surface area contributed by atoms with E-state index in [9.17, 15) is 13.2 Å². The molecule has 3 aromatic carbocycles. The number of aryl methyl sites for hydroxylation is 4. The Morgan fingerprint density at radius 3 is 2.25 bits per heavy atom. The molecule has 0 heterocycles. The largest absolute Gasteiger partial charge is 0.345 e. The van der Waals surface area contributed by atoms with Crippen molar-refractivity contribution in [3.63, 3.8) is 0 Å². The zero-order valence-corrected chi connectivity index (χ0v) is 22.5. The van der Waals surface area contributed by atoms with Crippen molar-refractivity contribution in [3.8, 4) is 0 Å². The monoisotopic (exact) mass is 504 g/mol. The van der Waals surface area contributed by atoms with Gasteiger partial charge in [-0.1, -0.05) is 43.3 Å². The Kier molecular flexibility index (Phi) is 7.84. The second kappa shape index (κ2) is 10.9. The van der Waals surface area contributed by atoms with Crippen LogP contribution in [0.3, 0.4) is 0 Å². The molecule has 36 heavy (non-hydrogen) atoms. The van der Waals surface area contributed by atoms with Gasteiger partial charge in [0.25, 0.3) is 5.91 Å². The van der Waals surface area contributed by atoms with Crippen LogP contribution in [0.25, 0.3) is 0 Å². The van der Waals surface area contributed by atoms with Gasteiger partial charge in [-0.15, -0.1) is 0 Å². The SMILES string of the molecule is CC[C@@H](NC(=O)c1ccc(CN(c2ccc(C)c(C)c2)S(C)(=O)=O)cc1)c1ccc2c(c1)CCCC2. The molecule has 0 radical (unpaired) electrons. The summed E-state index contributed by atoms with van der Waals surface area (Å²) in [7, 11) is -3.47. The van der Waals surface area contributed by atoms with Crippen molar-refractivity contribution < 1.29 is 13.2 Å². The molecule has 1 atom stereocenters. The number of nitrogens with one attached hydrogen (secondary N) is 1. The number of carbonyl (C=O) groups excluding carboxylic acids is 1. The summed E-state index contributed by atoms with van der Waals surface area (Å²) in [5.41, 5.74) is 8.17. The molecule has 1 aliphatic carbocycles. The topological polar surface area (TPSA) is 66.5 Å². The van der Waals surface area contributed by atoms with Crippen molar-refractivity contribution in [2.75, 3.05) is 10.6 Å². The maximum Gasteiger partial charge on any atom is 0.251 e. The van der Waals surface area contributed by atoms with Crippen LogP contribution in [0.4, 0.5) is 5.69 Å². The lowest BCUT2D eigenvalue weighted by Gasteiger charge is -2.23. The molecule has 1 N–H and O–H groups in total. The van der Waals surface area contributed by atoms with Crippen molar-refractivity contribution in [2.45, 2.75) is 65.5 Å². The third-order valence-electron chi connectivity index (χ3n) is 7.21. The number of carbonyl (C=O) groups is 1. The van der Waals surface area contributed by atoms with Crippen LogP contribution >= 0.6 is 0 Å². The van der Waals surface area contributed by atoms with Crippen molar-refractivity contribution in [1.82, 2.24) is 5.32 Å². The molecular weight excluding hydrogens is 468 g/mol. The van der Waals surface area contributed by atoms with Gasteiger partial charge in [0.05, 0.1) is 24.5 Å². The molecular formula is C30H36N2O3S. The highest BCUT2D eigenvalue weighted by Crippen LogP contribution is 2.27. The predicted molar refractivity (Wildman–Crippen MR) is 147 cm³/mol. The van der Waals surface area contributed by atoms with Crippen LogP contribution in [0.2, 0.25) is 0 Å². The van der Waals surface area contributed by atoms with E-state index in [2.05, 4.69) is 30.4 Å². The highest BCUT2D eigenvalue weighted by atomic mass is 32.2. The molecule has 1 aliphatic rings. The fourth-order valence-corrected chi connectivity index (χ4v) is 5.72. The van der Waals surface area contributed by atoms with E-state index in [1.807, 2.05) is 44.2 Å². The summed E-state index contributed by atoms with van der Waals surface area (Å²) < 4.78 is 26.5. The molecule has 0 aromatic heterocycles. The standard InChI is InChI=1S/C30H36N2O3S/c1-5-29(27-16-15-24-8-6-7-9-26(24)19-27)31-30(33)25-13-11-23(12-14-25)20-32(36(4,34)35)28-17-10-21(2)22(3)18-28/h10-19,29H,5-9,20H2,1-4H3,(H,31,33)/t29-/m1/s1. The number of nitrogens with zero attached hydrogens (tertiary/aromatic N) is 1. The Morgan fingerprint density at radius 1 is 0.917 bits per heavy atom. The van der Waals surface area contributed by atoms with E-state index in [1.165, 1.54) is 34.5 Å². The normalized spacial score (nSPS) is 14.1. The van der Waals surface area contributed by atoms with Crippen LogP contribution in [-0.4, -0.2) is 20.6 Å². The van der Waals surface area contributed by atoms with E-state index in [1.54, 1.807) is 12.1 Å². The first kappa shape index (κ1) is 26.0. The molecule has 6 heteroatoms. The predicted octanol–water partition coefficient (Wildman–Crippen LogP) is 6.03. The maximum absolute atomic E-state index is 13.0. The molecule has 3 aromatic rings. The Balaban J connectivity index is 1.47. The lowest BCUT2D eigenvalue weighted by atomic mass is 9.88. The molecule has 1 amide bonds. The van der Waals surface area contributed by atoms with E-state index in [-0.39, 0.29) is 18.5 Å². The van der Waals surface area contributed by atoms with Gasteiger partial charge in [-0.05, 0) is 104 Å². The van der Waals surface area contributed by atoms with E-state index < -0.39 is 10.0 Å². The highest BCUT2D eigenvalue weighted by molar-refractivity contribution is 7.92. The van der Waals surface area contributed by atoms with Gasteiger partial charge < -0.3 is 5.32 Å². The van der Waals surface area contributed by atoms with E-state index >= 15 is 0 Å². The minimum Gasteiger partial charge on any atom is -0.345 e. The summed E-state index contributed by atoms with van der Waals surface area (Å²) >= 11 is 0. The summed E-state index contributed by atoms with van der Waals surface area (Å²) in [4.78, 5) is 13.0. The van der Waals surface area contributed by atoms with E-state index in [0.717, 1.165) is 41.5 Å². The fourth-order valence-electron chi connectivity index (χ4n) is 4.84. The van der Waals surface area contributed by atoms with Crippen molar-refractivity contribution in [2.24, 2.45) is 0 Å². The molecule has 190 valence electrons. The van der Waals surface area contributed by atoms with Crippen LogP contribution < -0.4 is 9.62 Å². The number of hydrogen-bond acceptors (Lipinski definition) is 3. The van der Waals surface area contributed by atoms with Gasteiger partial charge in [0.1, 0.15) is 0 Å². The lowest BCUT2D eigenvalue weighted by Crippen LogP contribution is -2.30. The van der Waals surface area contributed by atoms with Gasteiger partial charge in [-0.25, -0.2) is 8.42 Å². The number of fused-ring (bicyclic) bond motifs is 1. The summed E-state index contributed by atoms with van der Waals surface area (Å²) in [6.45, 7) is 6.26. The van der Waals surface area contributed by atoms with Gasteiger partial charge in [0.15, 0.2) is 0 Å². The average Bonchev–Trinajstić information content (AvgIpc) is 2.87. The third-order valence-corrected chi connectivity index (χ3v) is 8.35. The fraction of sp³-hybridized carbons (Fsp3) is 0.367. The summed E-state index contributed by atoms with van der Waals surface area (Å²) in [5.74, 6) is -0.125. The summed E-state index contributed by atoms with van der Waals surface area (Å²) in [5, 5.41) is 3.18. The molecule has 0 saturated carbocycles. The number of rotatable bonds is 8. The Morgan fingerprint density at radius 2 is 1.61 bits per heavy atom. The molecule has 0 fully saturated rings. The Labute approximate surface area is 215 Å². The number of amides is 1. The zero-order chi connectivity index (χ0) is 25.9. The first-order valence-corrected chi connectivity index (χ1v) is 14.6. The summed E-state index contributed by atoms with van der Waals surface area (Å²) in [6.07, 6.45) is 6.76. The maximum atomic E-state index is 13.0. The second-order valence-electron chi connectivity index (χ2n) is 9.90. The van der Waals surface area contributed by atoms with Gasteiger partial charge in [0, 0.05) is 5.56 Å². The first-order chi connectivity index (χ1) is 17.2. The van der Waals surface area contributed by atoms with Crippen LogP contribution in [-0.2, 0) is 29.4 Å². The molecule has 0 bridgehead atoms. The minimum absolute atomic E-state index is 0.0464. The number of benzene rings is 3. The van der Waals surface area contributed by atoms with Crippen molar-refractivity contribution in [1.29, 1.82) is 0 Å². The molecule has 0 unspecified atom stereocenters. The molecule has 4 rings (SSSR count). The van der Waals surface area contributed by atoms with Gasteiger partial charge in [-0.2, -0.15) is 0 Å². The first-order valence-electron chi connectivity index (χ1n) is 12.7. The summed E-state index contributed by atoms with van der Waals surface area (Å²) in [6, 6.07) is 19.4. The molecule has 5 nitrogen and oxygen atoms in total. The smallest absolute Gasteiger partial charge is 0.251 e. The lowest BCUT2D eigenvalue weighted by molar-refractivity contribution is 0.0935. The minimum atomic E-state index is -3.47. The Hall–Kier alpha value is -3.12. The molecule has 0 aliphatic heterocycles. The van der Waals surface area contributed by atoms with Crippen molar-refractivity contribution >= 4 is 21.6 Å². The second-order valence-corrected chi connectivity index (χ2v) is 11.8. The van der Waals surface area contributed by atoms with Crippen LogP contribution in [0.15, 0.2) is 60.7 Å². The molecule has 0 spiro atoms. The average molecular weight is 505 g/mol. The van der Waals surface area contributed by atoms with E-state index in [4.69, 9.17) is 0 Å². The number of sulfonamides is 1. The number of anilines is 1. The van der Waals surface area contributed by atoms with Gasteiger partial charge in [0.2, 0.25) is 10.0 Å². The quantitative estimate of drug-likeness (QED) is 0.407.